The van der Waals surface area contributed by atoms with Gasteiger partial charge in [0.2, 0.25) is 0 Å². The number of fused-ring (bicyclic) bond motifs is 1. The minimum Gasteiger partial charge on any atom is -0.457 e. The minimum atomic E-state index is -0.386. The molecule has 0 aromatic heterocycles. The third-order valence-corrected chi connectivity index (χ3v) is 5.38. The lowest BCUT2D eigenvalue weighted by Crippen LogP contribution is -2.40. The molecule has 4 nitrogen and oxygen atoms in total. The average Bonchev–Trinajstić information content (AvgIpc) is 2.77. The van der Waals surface area contributed by atoms with E-state index in [9.17, 15) is 9.59 Å². The predicted octanol–water partition coefficient (Wildman–Crippen LogP) is 4.39. The van der Waals surface area contributed by atoms with E-state index in [-0.39, 0.29) is 18.5 Å². The molecule has 0 bridgehead atoms. The van der Waals surface area contributed by atoms with Gasteiger partial charge in [-0.25, -0.2) is 4.79 Å². The number of nitrogens with zero attached hydrogens (tertiary/aromatic N) is 1. The van der Waals surface area contributed by atoms with Crippen molar-refractivity contribution in [3.8, 4) is 0 Å². The van der Waals surface area contributed by atoms with Crippen LogP contribution in [0.4, 0.5) is 0 Å². The number of ether oxygens (including phenoxy) is 1. The van der Waals surface area contributed by atoms with E-state index in [1.54, 1.807) is 24.3 Å². The maximum atomic E-state index is 12.8. The Morgan fingerprint density at radius 1 is 1.00 bits per heavy atom. The normalized spacial score (nSPS) is 18.2. The van der Waals surface area contributed by atoms with Crippen molar-refractivity contribution in [1.82, 2.24) is 4.90 Å². The molecule has 1 unspecified atom stereocenters. The molecule has 2 aromatic carbocycles. The number of carbonyl (C=O) groups is 2. The number of amides is 1. The number of benzene rings is 2. The van der Waals surface area contributed by atoms with Crippen LogP contribution in [0.3, 0.4) is 0 Å². The SMILES string of the molecule is O=C(OCc1ccccc1)c1ccc(C(=O)N2CCC3CC=CC=C3C2)cc1. The number of rotatable bonds is 4. The molecule has 4 heteroatoms. The fourth-order valence-corrected chi connectivity index (χ4v) is 3.73. The van der Waals surface area contributed by atoms with Crippen LogP contribution < -0.4 is 0 Å². The van der Waals surface area contributed by atoms with Crippen molar-refractivity contribution in [2.75, 3.05) is 13.1 Å². The molecule has 0 N–H and O–H groups in total. The second-order valence-corrected chi connectivity index (χ2v) is 7.26. The lowest BCUT2D eigenvalue weighted by Gasteiger charge is -2.35. The van der Waals surface area contributed by atoms with Crippen molar-refractivity contribution in [2.24, 2.45) is 5.92 Å². The summed E-state index contributed by atoms with van der Waals surface area (Å²) in [5.74, 6) is 0.205. The number of allylic oxidation sites excluding steroid dienone is 3. The second kappa shape index (κ2) is 8.26. The molecule has 1 aliphatic heterocycles. The van der Waals surface area contributed by atoms with Crippen LogP contribution in [0.5, 0.6) is 0 Å². The van der Waals surface area contributed by atoms with Crippen LogP contribution >= 0.6 is 0 Å². The van der Waals surface area contributed by atoms with Crippen molar-refractivity contribution in [3.05, 3.63) is 95.1 Å². The summed E-state index contributed by atoms with van der Waals surface area (Å²) in [4.78, 5) is 27.0. The third kappa shape index (κ3) is 4.06. The summed E-state index contributed by atoms with van der Waals surface area (Å²) >= 11 is 0. The fourth-order valence-electron chi connectivity index (χ4n) is 3.73. The third-order valence-electron chi connectivity index (χ3n) is 5.38. The zero-order valence-corrected chi connectivity index (χ0v) is 15.7. The monoisotopic (exact) mass is 373 g/mol. The number of hydrogen-bond acceptors (Lipinski definition) is 3. The molecular weight excluding hydrogens is 350 g/mol. The Labute approximate surface area is 165 Å². The number of hydrogen-bond donors (Lipinski definition) is 0. The molecule has 1 fully saturated rings. The molecule has 1 heterocycles. The zero-order chi connectivity index (χ0) is 19.3. The van der Waals surface area contributed by atoms with E-state index in [1.165, 1.54) is 5.57 Å². The van der Waals surface area contributed by atoms with E-state index in [4.69, 9.17) is 4.74 Å². The molecule has 1 amide bonds. The molecule has 0 spiro atoms. The molecule has 1 saturated heterocycles. The van der Waals surface area contributed by atoms with Gasteiger partial charge in [0.15, 0.2) is 0 Å². The van der Waals surface area contributed by atoms with Gasteiger partial charge in [0.1, 0.15) is 6.61 Å². The molecule has 2 aliphatic rings. The molecule has 2 aromatic rings. The van der Waals surface area contributed by atoms with Gasteiger partial charge in [-0.05, 0) is 54.2 Å². The number of carbonyl (C=O) groups excluding carboxylic acids is 2. The molecule has 1 atom stereocenters. The quantitative estimate of drug-likeness (QED) is 0.747. The Hall–Kier alpha value is -3.14. The van der Waals surface area contributed by atoms with E-state index in [2.05, 4.69) is 18.2 Å². The molecule has 0 saturated carbocycles. The first-order valence-electron chi connectivity index (χ1n) is 9.67. The summed E-state index contributed by atoms with van der Waals surface area (Å²) in [6.45, 7) is 1.70. The molecular formula is C24H23NO3. The predicted molar refractivity (Wildman–Crippen MR) is 108 cm³/mol. The largest absolute Gasteiger partial charge is 0.457 e. The average molecular weight is 373 g/mol. The Bertz CT molecular complexity index is 913. The highest BCUT2D eigenvalue weighted by Crippen LogP contribution is 2.29. The maximum absolute atomic E-state index is 12.8. The summed E-state index contributed by atoms with van der Waals surface area (Å²) in [5.41, 5.74) is 3.33. The van der Waals surface area contributed by atoms with E-state index in [0.717, 1.165) is 24.9 Å². The first-order chi connectivity index (χ1) is 13.7. The first kappa shape index (κ1) is 18.2. The van der Waals surface area contributed by atoms with E-state index in [0.29, 0.717) is 23.6 Å². The van der Waals surface area contributed by atoms with Crippen molar-refractivity contribution < 1.29 is 14.3 Å². The lowest BCUT2D eigenvalue weighted by molar-refractivity contribution is 0.0472. The van der Waals surface area contributed by atoms with E-state index in [1.807, 2.05) is 35.2 Å². The Kier molecular flexibility index (Phi) is 5.38. The minimum absolute atomic E-state index is 0.0121. The number of esters is 1. The van der Waals surface area contributed by atoms with Gasteiger partial charge >= 0.3 is 5.97 Å². The molecule has 4 rings (SSSR count). The Morgan fingerprint density at radius 2 is 1.75 bits per heavy atom. The second-order valence-electron chi connectivity index (χ2n) is 7.26. The summed E-state index contributed by atoms with van der Waals surface area (Å²) in [7, 11) is 0. The molecule has 28 heavy (non-hydrogen) atoms. The van der Waals surface area contributed by atoms with Crippen LogP contribution in [0, 0.1) is 5.92 Å². The van der Waals surface area contributed by atoms with Crippen LogP contribution in [-0.2, 0) is 11.3 Å². The van der Waals surface area contributed by atoms with Crippen molar-refractivity contribution in [1.29, 1.82) is 0 Å². The molecule has 142 valence electrons. The van der Waals surface area contributed by atoms with Gasteiger partial charge in [-0.15, -0.1) is 0 Å². The van der Waals surface area contributed by atoms with Crippen molar-refractivity contribution >= 4 is 11.9 Å². The van der Waals surface area contributed by atoms with Gasteiger partial charge in [0, 0.05) is 18.7 Å². The number of piperidine rings is 1. The van der Waals surface area contributed by atoms with Gasteiger partial charge in [-0.1, -0.05) is 48.6 Å². The van der Waals surface area contributed by atoms with Crippen LogP contribution in [-0.4, -0.2) is 29.9 Å². The van der Waals surface area contributed by atoms with Crippen LogP contribution in [0.1, 0.15) is 39.1 Å². The van der Waals surface area contributed by atoms with Crippen LogP contribution in [0.25, 0.3) is 0 Å². The Morgan fingerprint density at radius 3 is 2.54 bits per heavy atom. The highest BCUT2D eigenvalue weighted by Gasteiger charge is 2.27. The summed E-state index contributed by atoms with van der Waals surface area (Å²) in [6.07, 6.45) is 8.50. The van der Waals surface area contributed by atoms with Crippen molar-refractivity contribution in [2.45, 2.75) is 19.4 Å². The lowest BCUT2D eigenvalue weighted by atomic mass is 9.85. The zero-order valence-electron chi connectivity index (χ0n) is 15.7. The van der Waals surface area contributed by atoms with Gasteiger partial charge in [0.25, 0.3) is 5.91 Å². The van der Waals surface area contributed by atoms with E-state index < -0.39 is 0 Å². The summed E-state index contributed by atoms with van der Waals surface area (Å²) < 4.78 is 5.34. The summed E-state index contributed by atoms with van der Waals surface area (Å²) in [5, 5.41) is 0. The topological polar surface area (TPSA) is 46.6 Å². The van der Waals surface area contributed by atoms with Crippen LogP contribution in [0.2, 0.25) is 0 Å². The first-order valence-corrected chi connectivity index (χ1v) is 9.67. The molecule has 0 radical (unpaired) electrons. The van der Waals surface area contributed by atoms with Crippen molar-refractivity contribution in [3.63, 3.8) is 0 Å². The van der Waals surface area contributed by atoms with E-state index >= 15 is 0 Å². The fraction of sp³-hybridized carbons (Fsp3) is 0.250. The Balaban J connectivity index is 1.37. The summed E-state index contributed by atoms with van der Waals surface area (Å²) in [6, 6.07) is 16.3. The highest BCUT2D eigenvalue weighted by atomic mass is 16.5. The van der Waals surface area contributed by atoms with Gasteiger partial charge in [-0.2, -0.15) is 0 Å². The van der Waals surface area contributed by atoms with Gasteiger partial charge in [-0.3, -0.25) is 4.79 Å². The molecule has 1 aliphatic carbocycles. The maximum Gasteiger partial charge on any atom is 0.338 e. The number of likely N-dealkylation sites (tertiary alicyclic amines) is 1. The standard InChI is InChI=1S/C24H23NO3/c26-23(25-15-14-19-8-4-5-9-22(19)16-25)20-10-12-21(13-11-20)24(27)28-17-18-6-2-1-3-7-18/h1-7,9-13,19H,8,14-17H2. The van der Waals surface area contributed by atoms with Gasteiger partial charge < -0.3 is 9.64 Å². The smallest absolute Gasteiger partial charge is 0.338 e. The highest BCUT2D eigenvalue weighted by molar-refractivity contribution is 5.96. The van der Waals surface area contributed by atoms with Gasteiger partial charge in [0.05, 0.1) is 5.56 Å². The van der Waals surface area contributed by atoms with Crippen LogP contribution in [0.15, 0.2) is 78.4 Å².